The maximum Gasteiger partial charge on any atom is 0.276 e. The molecule has 9 heteroatoms. The highest BCUT2D eigenvalue weighted by molar-refractivity contribution is 6.37. The number of para-hydroxylation sites is 1. The normalized spacial score (nSPS) is 21.5. The van der Waals surface area contributed by atoms with Gasteiger partial charge in [0.25, 0.3) is 5.91 Å². The lowest BCUT2D eigenvalue weighted by Crippen LogP contribution is -2.39. The monoisotopic (exact) mass is 431 g/mol. The van der Waals surface area contributed by atoms with Crippen molar-refractivity contribution in [1.29, 1.82) is 0 Å². The number of ether oxygens (including phenoxy) is 1. The van der Waals surface area contributed by atoms with Gasteiger partial charge in [0, 0.05) is 31.2 Å². The fourth-order valence-corrected chi connectivity index (χ4v) is 4.04. The summed E-state index contributed by atoms with van der Waals surface area (Å²) in [6.45, 7) is 1.54. The molecule has 0 radical (unpaired) electrons. The van der Waals surface area contributed by atoms with Crippen LogP contribution < -0.4 is 10.1 Å². The van der Waals surface area contributed by atoms with Crippen molar-refractivity contribution in [2.45, 2.75) is 38.0 Å². The van der Waals surface area contributed by atoms with E-state index in [1.54, 1.807) is 24.3 Å². The van der Waals surface area contributed by atoms with E-state index >= 15 is 0 Å². The number of fused-ring (bicyclic) bond motifs is 2. The number of carbonyl (C=O) groups is 1. The zero-order valence-electron chi connectivity index (χ0n) is 14.5. The van der Waals surface area contributed by atoms with Crippen molar-refractivity contribution in [3.05, 3.63) is 45.8 Å². The molecular formula is C18H20Cl3N3O3. The fraction of sp³-hybridized carbons (Fsp3) is 0.444. The van der Waals surface area contributed by atoms with Crippen LogP contribution in [-0.4, -0.2) is 41.1 Å². The standard InChI is InChI=1S/C18H19Cl2N3O3.ClH/c19-14-2-1-3-15(20)17(14)25-10-13-8-16(22-26-13)18(24)23-7-6-11-4-5-12(9-23)21-11;/h1-3,8,11-12,21H,4-7,9-10H2;1H. The highest BCUT2D eigenvalue weighted by Crippen LogP contribution is 2.33. The van der Waals surface area contributed by atoms with Gasteiger partial charge < -0.3 is 19.5 Å². The van der Waals surface area contributed by atoms with Gasteiger partial charge in [0.1, 0.15) is 6.61 Å². The molecule has 2 unspecified atom stereocenters. The van der Waals surface area contributed by atoms with Gasteiger partial charge >= 0.3 is 0 Å². The molecule has 1 aromatic heterocycles. The molecule has 146 valence electrons. The molecular weight excluding hydrogens is 413 g/mol. The van der Waals surface area contributed by atoms with E-state index in [1.165, 1.54) is 6.42 Å². The molecule has 2 atom stereocenters. The van der Waals surface area contributed by atoms with E-state index in [9.17, 15) is 4.79 Å². The van der Waals surface area contributed by atoms with Crippen LogP contribution in [0.1, 0.15) is 35.5 Å². The second kappa shape index (κ2) is 8.69. The molecule has 0 saturated carbocycles. The second-order valence-corrected chi connectivity index (χ2v) is 7.51. The number of benzene rings is 1. The van der Waals surface area contributed by atoms with Gasteiger partial charge in [0.05, 0.1) is 10.0 Å². The van der Waals surface area contributed by atoms with Crippen LogP contribution in [0, 0.1) is 0 Å². The van der Waals surface area contributed by atoms with Gasteiger partial charge in [-0.25, -0.2) is 0 Å². The van der Waals surface area contributed by atoms with E-state index < -0.39 is 0 Å². The predicted octanol–water partition coefficient (Wildman–Crippen LogP) is 3.95. The van der Waals surface area contributed by atoms with Gasteiger partial charge in [-0.2, -0.15) is 0 Å². The Morgan fingerprint density at radius 1 is 1.26 bits per heavy atom. The molecule has 2 fully saturated rings. The summed E-state index contributed by atoms with van der Waals surface area (Å²) in [5, 5.41) is 8.30. The minimum atomic E-state index is -0.106. The smallest absolute Gasteiger partial charge is 0.276 e. The first-order valence-corrected chi connectivity index (χ1v) is 9.43. The average molecular weight is 433 g/mol. The summed E-state index contributed by atoms with van der Waals surface area (Å²) in [5.41, 5.74) is 0.298. The van der Waals surface area contributed by atoms with E-state index in [2.05, 4.69) is 10.5 Å². The molecule has 2 saturated heterocycles. The topological polar surface area (TPSA) is 67.6 Å². The summed E-state index contributed by atoms with van der Waals surface area (Å²) in [5.74, 6) is 0.721. The summed E-state index contributed by atoms with van der Waals surface area (Å²) in [4.78, 5) is 14.6. The molecule has 6 nitrogen and oxygen atoms in total. The SMILES string of the molecule is Cl.O=C(c1cc(COc2c(Cl)cccc2Cl)on1)N1CCC2CCC(C1)N2. The van der Waals surface area contributed by atoms with Crippen LogP contribution in [0.3, 0.4) is 0 Å². The number of hydrogen-bond acceptors (Lipinski definition) is 5. The molecule has 0 aliphatic carbocycles. The Hall–Kier alpha value is -1.47. The van der Waals surface area contributed by atoms with Crippen LogP contribution in [0.4, 0.5) is 0 Å². The number of carbonyl (C=O) groups excluding carboxylic acids is 1. The zero-order chi connectivity index (χ0) is 18.1. The third-order valence-corrected chi connectivity index (χ3v) is 5.46. The summed E-state index contributed by atoms with van der Waals surface area (Å²) in [6.07, 6.45) is 3.29. The zero-order valence-corrected chi connectivity index (χ0v) is 16.8. The number of halogens is 3. The van der Waals surface area contributed by atoms with Crippen LogP contribution in [-0.2, 0) is 6.61 Å². The van der Waals surface area contributed by atoms with Crippen LogP contribution in [0.15, 0.2) is 28.8 Å². The number of nitrogens with zero attached hydrogens (tertiary/aromatic N) is 2. The number of likely N-dealkylation sites (tertiary alicyclic amines) is 1. The van der Waals surface area contributed by atoms with Crippen molar-refractivity contribution in [2.24, 2.45) is 0 Å². The van der Waals surface area contributed by atoms with Gasteiger partial charge in [-0.3, -0.25) is 4.79 Å². The first-order valence-electron chi connectivity index (χ1n) is 8.68. The van der Waals surface area contributed by atoms with E-state index in [0.29, 0.717) is 45.9 Å². The van der Waals surface area contributed by atoms with Gasteiger partial charge in [0.15, 0.2) is 17.2 Å². The van der Waals surface area contributed by atoms with Gasteiger partial charge in [-0.05, 0) is 31.4 Å². The van der Waals surface area contributed by atoms with E-state index in [0.717, 1.165) is 19.4 Å². The molecule has 1 amide bonds. The molecule has 2 bridgehead atoms. The third-order valence-electron chi connectivity index (χ3n) is 4.87. The number of rotatable bonds is 4. The Bertz CT molecular complexity index is 794. The lowest BCUT2D eigenvalue weighted by Gasteiger charge is -2.23. The van der Waals surface area contributed by atoms with Gasteiger partial charge in [-0.15, -0.1) is 12.4 Å². The van der Waals surface area contributed by atoms with Crippen molar-refractivity contribution in [3.63, 3.8) is 0 Å². The van der Waals surface area contributed by atoms with Crippen LogP contribution in [0.25, 0.3) is 0 Å². The Balaban J connectivity index is 0.00000210. The lowest BCUT2D eigenvalue weighted by molar-refractivity contribution is 0.0737. The summed E-state index contributed by atoms with van der Waals surface area (Å²) in [7, 11) is 0. The Morgan fingerprint density at radius 3 is 2.78 bits per heavy atom. The van der Waals surface area contributed by atoms with Crippen molar-refractivity contribution in [3.8, 4) is 5.75 Å². The number of hydrogen-bond donors (Lipinski definition) is 1. The first kappa shape index (κ1) is 20.3. The number of amides is 1. The molecule has 2 aliphatic heterocycles. The molecule has 4 rings (SSSR count). The Labute approximate surface area is 173 Å². The summed E-state index contributed by atoms with van der Waals surface area (Å²) >= 11 is 12.2. The second-order valence-electron chi connectivity index (χ2n) is 6.70. The largest absolute Gasteiger partial charge is 0.482 e. The van der Waals surface area contributed by atoms with Crippen LogP contribution in [0.5, 0.6) is 5.75 Å². The number of aromatic nitrogens is 1. The van der Waals surface area contributed by atoms with E-state index in [1.807, 2.05) is 4.90 Å². The fourth-order valence-electron chi connectivity index (χ4n) is 3.53. The van der Waals surface area contributed by atoms with Gasteiger partial charge in [0.2, 0.25) is 0 Å². The molecule has 1 N–H and O–H groups in total. The predicted molar refractivity (Wildman–Crippen MR) is 105 cm³/mol. The minimum Gasteiger partial charge on any atom is -0.482 e. The Morgan fingerprint density at radius 2 is 2.00 bits per heavy atom. The Kier molecular flexibility index (Phi) is 6.52. The van der Waals surface area contributed by atoms with Crippen molar-refractivity contribution < 1.29 is 14.1 Å². The molecule has 27 heavy (non-hydrogen) atoms. The molecule has 3 heterocycles. The third kappa shape index (κ3) is 4.51. The lowest BCUT2D eigenvalue weighted by atomic mass is 10.1. The number of nitrogens with one attached hydrogen (secondary N) is 1. The highest BCUT2D eigenvalue weighted by atomic mass is 35.5. The molecule has 1 aromatic carbocycles. The van der Waals surface area contributed by atoms with Crippen LogP contribution in [0.2, 0.25) is 10.0 Å². The van der Waals surface area contributed by atoms with E-state index in [4.69, 9.17) is 32.5 Å². The molecule has 2 aromatic rings. The van der Waals surface area contributed by atoms with Gasteiger partial charge in [-0.1, -0.05) is 34.4 Å². The van der Waals surface area contributed by atoms with Crippen LogP contribution >= 0.6 is 35.6 Å². The van der Waals surface area contributed by atoms with Crippen molar-refractivity contribution >= 4 is 41.5 Å². The minimum absolute atomic E-state index is 0. The molecule has 0 spiro atoms. The quantitative estimate of drug-likeness (QED) is 0.792. The van der Waals surface area contributed by atoms with Crippen molar-refractivity contribution in [1.82, 2.24) is 15.4 Å². The summed E-state index contributed by atoms with van der Waals surface area (Å²) < 4.78 is 10.9. The average Bonchev–Trinajstić information content (AvgIpc) is 3.20. The van der Waals surface area contributed by atoms with Crippen molar-refractivity contribution in [2.75, 3.05) is 13.1 Å². The maximum absolute atomic E-state index is 12.7. The maximum atomic E-state index is 12.7. The summed E-state index contributed by atoms with van der Waals surface area (Å²) in [6, 6.07) is 7.65. The first-order chi connectivity index (χ1) is 12.6. The highest BCUT2D eigenvalue weighted by Gasteiger charge is 2.32. The van der Waals surface area contributed by atoms with E-state index in [-0.39, 0.29) is 24.9 Å². The molecule has 2 aliphatic rings.